The van der Waals surface area contributed by atoms with Crippen molar-refractivity contribution >= 4 is 11.6 Å². The second-order valence-electron chi connectivity index (χ2n) is 6.07. The van der Waals surface area contributed by atoms with E-state index in [9.17, 15) is 4.79 Å². The van der Waals surface area contributed by atoms with E-state index in [-0.39, 0.29) is 11.9 Å². The molecule has 0 fully saturated rings. The molecule has 3 rings (SSSR count). The first-order valence-corrected chi connectivity index (χ1v) is 8.42. The zero-order chi connectivity index (χ0) is 18.5. The van der Waals surface area contributed by atoms with Crippen LogP contribution in [0.15, 0.2) is 53.7 Å². The molecular weight excluding hydrogens is 332 g/mol. The van der Waals surface area contributed by atoms with Gasteiger partial charge in [-0.05, 0) is 54.4 Å². The summed E-state index contributed by atoms with van der Waals surface area (Å²) in [6.07, 6.45) is -0.180. The Balaban J connectivity index is 1.57. The summed E-state index contributed by atoms with van der Waals surface area (Å²) in [5.41, 5.74) is 2.67. The van der Waals surface area contributed by atoms with Crippen molar-refractivity contribution in [2.24, 2.45) is 5.16 Å². The number of methoxy groups -OCH3 is 2. The molecule has 1 N–H and O–H groups in total. The SMILES string of the molecule is COc1ccc(C2=NOC(C(=O)NC(C)c3ccc(OC)cc3)C2)cc1. The molecule has 2 aromatic rings. The average molecular weight is 354 g/mol. The number of nitrogens with one attached hydrogen (secondary N) is 1. The molecule has 1 aliphatic heterocycles. The maximum Gasteiger partial charge on any atom is 0.264 e. The van der Waals surface area contributed by atoms with Crippen molar-refractivity contribution in [1.82, 2.24) is 5.32 Å². The number of nitrogens with zero attached hydrogens (tertiary/aromatic N) is 1. The molecule has 0 radical (unpaired) electrons. The summed E-state index contributed by atoms with van der Waals surface area (Å²) in [6, 6.07) is 15.0. The highest BCUT2D eigenvalue weighted by Gasteiger charge is 2.29. The molecule has 136 valence electrons. The summed E-state index contributed by atoms with van der Waals surface area (Å²) < 4.78 is 10.3. The molecule has 26 heavy (non-hydrogen) atoms. The van der Waals surface area contributed by atoms with Crippen LogP contribution in [-0.4, -0.2) is 31.9 Å². The minimum Gasteiger partial charge on any atom is -0.497 e. The third-order valence-corrected chi connectivity index (χ3v) is 4.36. The van der Waals surface area contributed by atoms with Gasteiger partial charge in [0, 0.05) is 6.42 Å². The molecule has 2 unspecified atom stereocenters. The zero-order valence-electron chi connectivity index (χ0n) is 15.1. The van der Waals surface area contributed by atoms with Crippen molar-refractivity contribution in [2.75, 3.05) is 14.2 Å². The second-order valence-corrected chi connectivity index (χ2v) is 6.07. The summed E-state index contributed by atoms with van der Waals surface area (Å²) in [4.78, 5) is 17.8. The molecule has 0 bridgehead atoms. The van der Waals surface area contributed by atoms with Gasteiger partial charge in [-0.15, -0.1) is 0 Å². The van der Waals surface area contributed by atoms with Crippen molar-refractivity contribution < 1.29 is 19.1 Å². The van der Waals surface area contributed by atoms with Crippen molar-refractivity contribution in [3.8, 4) is 11.5 Å². The summed E-state index contributed by atoms with van der Waals surface area (Å²) in [7, 11) is 3.24. The molecule has 0 aliphatic carbocycles. The van der Waals surface area contributed by atoms with Crippen LogP contribution in [0, 0.1) is 0 Å². The smallest absolute Gasteiger partial charge is 0.264 e. The monoisotopic (exact) mass is 354 g/mol. The van der Waals surface area contributed by atoms with Crippen molar-refractivity contribution in [3.63, 3.8) is 0 Å². The van der Waals surface area contributed by atoms with E-state index in [1.54, 1.807) is 14.2 Å². The summed E-state index contributed by atoms with van der Waals surface area (Å²) in [6.45, 7) is 1.93. The average Bonchev–Trinajstić information content (AvgIpc) is 3.18. The molecule has 1 heterocycles. The maximum absolute atomic E-state index is 12.5. The first kappa shape index (κ1) is 17.8. The lowest BCUT2D eigenvalue weighted by Gasteiger charge is -2.16. The van der Waals surface area contributed by atoms with Crippen LogP contribution < -0.4 is 14.8 Å². The van der Waals surface area contributed by atoms with Gasteiger partial charge in [-0.1, -0.05) is 17.3 Å². The topological polar surface area (TPSA) is 69.2 Å². The van der Waals surface area contributed by atoms with Gasteiger partial charge in [0.15, 0.2) is 0 Å². The molecule has 1 aliphatic rings. The zero-order valence-corrected chi connectivity index (χ0v) is 15.1. The van der Waals surface area contributed by atoms with E-state index in [1.807, 2.05) is 55.5 Å². The number of hydrogen-bond acceptors (Lipinski definition) is 5. The Morgan fingerprint density at radius 1 is 1.08 bits per heavy atom. The van der Waals surface area contributed by atoms with Crippen molar-refractivity contribution in [2.45, 2.75) is 25.5 Å². The lowest BCUT2D eigenvalue weighted by atomic mass is 10.0. The van der Waals surface area contributed by atoms with Gasteiger partial charge in [0.05, 0.1) is 26.0 Å². The first-order chi connectivity index (χ1) is 12.6. The van der Waals surface area contributed by atoms with Crippen LogP contribution in [-0.2, 0) is 9.63 Å². The Kier molecular flexibility index (Phi) is 5.41. The van der Waals surface area contributed by atoms with Gasteiger partial charge in [0.2, 0.25) is 6.10 Å². The van der Waals surface area contributed by atoms with Gasteiger partial charge in [0.1, 0.15) is 11.5 Å². The quantitative estimate of drug-likeness (QED) is 0.866. The second kappa shape index (κ2) is 7.91. The normalized spacial score (nSPS) is 17.0. The van der Waals surface area contributed by atoms with Crippen LogP contribution in [0.25, 0.3) is 0 Å². The first-order valence-electron chi connectivity index (χ1n) is 8.42. The number of carbonyl (C=O) groups excluding carboxylic acids is 1. The minimum absolute atomic E-state index is 0.137. The Hall–Kier alpha value is -3.02. The predicted octanol–water partition coefficient (Wildman–Crippen LogP) is 3.07. The number of ether oxygens (including phenoxy) is 2. The Labute approximate surface area is 152 Å². The fourth-order valence-corrected chi connectivity index (χ4v) is 2.75. The van der Waals surface area contributed by atoms with E-state index in [0.29, 0.717) is 6.42 Å². The van der Waals surface area contributed by atoms with Crippen LogP contribution >= 0.6 is 0 Å². The molecule has 6 heteroatoms. The lowest BCUT2D eigenvalue weighted by Crippen LogP contribution is -2.36. The van der Waals surface area contributed by atoms with E-state index in [1.165, 1.54) is 0 Å². The molecule has 0 saturated carbocycles. The highest BCUT2D eigenvalue weighted by Crippen LogP contribution is 2.21. The maximum atomic E-state index is 12.5. The molecular formula is C20H22N2O4. The van der Waals surface area contributed by atoms with Crippen LogP contribution in [0.3, 0.4) is 0 Å². The molecule has 1 amide bonds. The molecule has 6 nitrogen and oxygen atoms in total. The number of carbonyl (C=O) groups is 1. The van der Waals surface area contributed by atoms with Gasteiger partial charge in [0.25, 0.3) is 5.91 Å². The van der Waals surface area contributed by atoms with Gasteiger partial charge in [-0.3, -0.25) is 4.79 Å². The van der Waals surface area contributed by atoms with E-state index in [4.69, 9.17) is 14.3 Å². The van der Waals surface area contributed by atoms with Crippen LogP contribution in [0.4, 0.5) is 0 Å². The number of rotatable bonds is 6. The van der Waals surface area contributed by atoms with Crippen LogP contribution in [0.2, 0.25) is 0 Å². The lowest BCUT2D eigenvalue weighted by molar-refractivity contribution is -0.131. The van der Waals surface area contributed by atoms with Crippen molar-refractivity contribution in [1.29, 1.82) is 0 Å². The highest BCUT2D eigenvalue weighted by molar-refractivity contribution is 6.04. The fraction of sp³-hybridized carbons (Fsp3) is 0.300. The van der Waals surface area contributed by atoms with Gasteiger partial charge < -0.3 is 19.6 Å². The van der Waals surface area contributed by atoms with Crippen LogP contribution in [0.5, 0.6) is 11.5 Å². The summed E-state index contributed by atoms with van der Waals surface area (Å²) >= 11 is 0. The molecule has 2 aromatic carbocycles. The standard InChI is InChI=1S/C20H22N2O4/c1-13(14-4-8-16(24-2)9-5-14)21-20(23)19-12-18(22-26-19)15-6-10-17(25-3)11-7-15/h4-11,13,19H,12H2,1-3H3,(H,21,23). The summed E-state index contributed by atoms with van der Waals surface area (Å²) in [5, 5.41) is 7.03. The van der Waals surface area contributed by atoms with E-state index in [2.05, 4.69) is 10.5 Å². The largest absolute Gasteiger partial charge is 0.497 e. The third-order valence-electron chi connectivity index (χ3n) is 4.36. The van der Waals surface area contributed by atoms with Gasteiger partial charge in [-0.25, -0.2) is 0 Å². The third kappa shape index (κ3) is 3.96. The van der Waals surface area contributed by atoms with E-state index in [0.717, 1.165) is 28.3 Å². The van der Waals surface area contributed by atoms with Crippen molar-refractivity contribution in [3.05, 3.63) is 59.7 Å². The predicted molar refractivity (Wildman–Crippen MR) is 98.6 cm³/mol. The number of amides is 1. The molecule has 2 atom stereocenters. The Bertz CT molecular complexity index is 784. The highest BCUT2D eigenvalue weighted by atomic mass is 16.6. The number of hydrogen-bond donors (Lipinski definition) is 1. The molecule has 0 saturated heterocycles. The fourth-order valence-electron chi connectivity index (χ4n) is 2.75. The molecule has 0 aromatic heterocycles. The number of benzene rings is 2. The van der Waals surface area contributed by atoms with E-state index >= 15 is 0 Å². The minimum atomic E-state index is -0.618. The Morgan fingerprint density at radius 3 is 2.23 bits per heavy atom. The number of oxime groups is 1. The Morgan fingerprint density at radius 2 is 1.65 bits per heavy atom. The molecule has 0 spiro atoms. The van der Waals surface area contributed by atoms with Gasteiger partial charge >= 0.3 is 0 Å². The van der Waals surface area contributed by atoms with Gasteiger partial charge in [-0.2, -0.15) is 0 Å². The summed E-state index contributed by atoms with van der Waals surface area (Å²) in [5.74, 6) is 1.38. The van der Waals surface area contributed by atoms with E-state index < -0.39 is 6.10 Å². The van der Waals surface area contributed by atoms with Crippen LogP contribution in [0.1, 0.15) is 30.5 Å².